The minimum absolute atomic E-state index is 0.0436. The Morgan fingerprint density at radius 1 is 1.22 bits per heavy atom. The standard InChI is InChI=1S/C17H12F2N2O6/c1-17(10-2-7-13(18)14(19)8-10)9-26-15(22)20(17)16(23)27-12-5-3-11(4-6-12)21(24)25/h2-8H,9H2,1H3. The van der Waals surface area contributed by atoms with Gasteiger partial charge in [-0.2, -0.15) is 4.90 Å². The minimum Gasteiger partial charge on any atom is -0.446 e. The molecule has 0 bridgehead atoms. The molecule has 1 saturated heterocycles. The molecule has 0 saturated carbocycles. The third kappa shape index (κ3) is 3.28. The first kappa shape index (κ1) is 18.2. The van der Waals surface area contributed by atoms with Crippen LogP contribution in [0.1, 0.15) is 12.5 Å². The molecule has 0 N–H and O–H groups in total. The van der Waals surface area contributed by atoms with E-state index < -0.39 is 34.3 Å². The Morgan fingerprint density at radius 2 is 1.89 bits per heavy atom. The molecule has 1 aliphatic rings. The number of halogens is 2. The molecule has 1 aliphatic heterocycles. The van der Waals surface area contributed by atoms with Gasteiger partial charge >= 0.3 is 12.2 Å². The molecule has 140 valence electrons. The zero-order chi connectivity index (χ0) is 19.8. The van der Waals surface area contributed by atoms with Crippen molar-refractivity contribution in [1.82, 2.24) is 4.90 Å². The Bertz CT molecular complexity index is 934. The lowest BCUT2D eigenvalue weighted by Gasteiger charge is -2.29. The van der Waals surface area contributed by atoms with Crippen LogP contribution < -0.4 is 4.74 Å². The van der Waals surface area contributed by atoms with E-state index in [2.05, 4.69) is 0 Å². The summed E-state index contributed by atoms with van der Waals surface area (Å²) in [5.41, 5.74) is -1.50. The summed E-state index contributed by atoms with van der Waals surface area (Å²) in [6.07, 6.45) is -2.15. The first-order chi connectivity index (χ1) is 12.7. The van der Waals surface area contributed by atoms with Gasteiger partial charge in [-0.15, -0.1) is 0 Å². The molecule has 1 heterocycles. The van der Waals surface area contributed by atoms with Crippen molar-refractivity contribution in [1.29, 1.82) is 0 Å². The van der Waals surface area contributed by atoms with Gasteiger partial charge in [0, 0.05) is 12.1 Å². The van der Waals surface area contributed by atoms with E-state index in [9.17, 15) is 28.5 Å². The molecule has 2 amide bonds. The second kappa shape index (κ2) is 6.63. The van der Waals surface area contributed by atoms with Gasteiger partial charge in [0.15, 0.2) is 11.6 Å². The number of cyclic esters (lactones) is 1. The average Bonchev–Trinajstić information content (AvgIpc) is 2.93. The van der Waals surface area contributed by atoms with Crippen LogP contribution in [-0.4, -0.2) is 28.6 Å². The summed E-state index contributed by atoms with van der Waals surface area (Å²) >= 11 is 0. The van der Waals surface area contributed by atoms with Gasteiger partial charge in [0.25, 0.3) is 5.69 Å². The molecule has 1 unspecified atom stereocenters. The summed E-state index contributed by atoms with van der Waals surface area (Å²) in [6, 6.07) is 7.59. The Kier molecular flexibility index (Phi) is 4.48. The van der Waals surface area contributed by atoms with Crippen molar-refractivity contribution in [3.63, 3.8) is 0 Å². The summed E-state index contributed by atoms with van der Waals surface area (Å²) in [4.78, 5) is 35.2. The number of amides is 2. The van der Waals surface area contributed by atoms with E-state index in [1.807, 2.05) is 0 Å². The van der Waals surface area contributed by atoms with Gasteiger partial charge in [0.1, 0.15) is 17.9 Å². The maximum atomic E-state index is 13.6. The SMILES string of the molecule is CC1(c2ccc(F)c(F)c2)COC(=O)N1C(=O)Oc1ccc([N+](=O)[O-])cc1. The highest BCUT2D eigenvalue weighted by atomic mass is 19.2. The monoisotopic (exact) mass is 378 g/mol. The van der Waals surface area contributed by atoms with Gasteiger partial charge in [0.2, 0.25) is 0 Å². The number of benzene rings is 2. The van der Waals surface area contributed by atoms with Gasteiger partial charge in [-0.3, -0.25) is 10.1 Å². The van der Waals surface area contributed by atoms with Gasteiger partial charge < -0.3 is 9.47 Å². The van der Waals surface area contributed by atoms with Gasteiger partial charge in [0.05, 0.1) is 4.92 Å². The van der Waals surface area contributed by atoms with Crippen molar-refractivity contribution in [2.24, 2.45) is 0 Å². The Labute approximate surface area is 151 Å². The lowest BCUT2D eigenvalue weighted by atomic mass is 9.92. The van der Waals surface area contributed by atoms with Crippen LogP contribution >= 0.6 is 0 Å². The van der Waals surface area contributed by atoms with Crippen molar-refractivity contribution >= 4 is 17.9 Å². The number of hydrogen-bond acceptors (Lipinski definition) is 6. The van der Waals surface area contributed by atoms with E-state index in [0.29, 0.717) is 4.90 Å². The molecular weight excluding hydrogens is 366 g/mol. The zero-order valence-electron chi connectivity index (χ0n) is 13.8. The van der Waals surface area contributed by atoms with Crippen LogP contribution in [0.15, 0.2) is 42.5 Å². The minimum atomic E-state index is -1.43. The molecule has 2 aromatic carbocycles. The molecule has 3 rings (SSSR count). The number of non-ortho nitro benzene ring substituents is 1. The molecule has 2 aromatic rings. The van der Waals surface area contributed by atoms with Crippen LogP contribution in [0.4, 0.5) is 24.1 Å². The van der Waals surface area contributed by atoms with Crippen molar-refractivity contribution in [2.75, 3.05) is 6.61 Å². The zero-order valence-corrected chi connectivity index (χ0v) is 13.8. The first-order valence-corrected chi connectivity index (χ1v) is 7.61. The highest BCUT2D eigenvalue weighted by Crippen LogP contribution is 2.36. The highest BCUT2D eigenvalue weighted by Gasteiger charge is 2.50. The van der Waals surface area contributed by atoms with Crippen LogP contribution in [0.5, 0.6) is 5.75 Å². The number of nitrogens with zero attached hydrogens (tertiary/aromatic N) is 2. The smallest absolute Gasteiger partial charge is 0.425 e. The van der Waals surface area contributed by atoms with Crippen LogP contribution in [0.3, 0.4) is 0 Å². The van der Waals surface area contributed by atoms with E-state index in [1.54, 1.807) is 0 Å². The molecule has 1 fully saturated rings. The molecule has 10 heteroatoms. The third-order valence-corrected chi connectivity index (χ3v) is 4.13. The lowest BCUT2D eigenvalue weighted by Crippen LogP contribution is -2.47. The fraction of sp³-hybridized carbons (Fsp3) is 0.176. The Hall–Kier alpha value is -3.56. The Morgan fingerprint density at radius 3 is 2.48 bits per heavy atom. The molecule has 0 radical (unpaired) electrons. The molecule has 0 aliphatic carbocycles. The third-order valence-electron chi connectivity index (χ3n) is 4.13. The molecule has 1 atom stereocenters. The van der Waals surface area contributed by atoms with Crippen molar-refractivity contribution < 1.29 is 32.8 Å². The van der Waals surface area contributed by atoms with E-state index in [1.165, 1.54) is 25.1 Å². The number of nitro benzene ring substituents is 1. The second-order valence-corrected chi connectivity index (χ2v) is 5.91. The van der Waals surface area contributed by atoms with Crippen LogP contribution in [0.25, 0.3) is 0 Å². The molecule has 8 nitrogen and oxygen atoms in total. The summed E-state index contributed by atoms with van der Waals surface area (Å²) in [5, 5.41) is 10.7. The quantitative estimate of drug-likeness (QED) is 0.596. The summed E-state index contributed by atoms with van der Waals surface area (Å²) < 4.78 is 36.7. The number of nitro groups is 1. The van der Waals surface area contributed by atoms with Gasteiger partial charge in [-0.25, -0.2) is 18.4 Å². The fourth-order valence-corrected chi connectivity index (χ4v) is 2.63. The number of imide groups is 1. The maximum Gasteiger partial charge on any atom is 0.425 e. The second-order valence-electron chi connectivity index (χ2n) is 5.91. The van der Waals surface area contributed by atoms with Crippen LogP contribution in [-0.2, 0) is 10.3 Å². The van der Waals surface area contributed by atoms with E-state index >= 15 is 0 Å². The van der Waals surface area contributed by atoms with Crippen molar-refractivity contribution in [3.05, 3.63) is 69.8 Å². The molecule has 0 spiro atoms. The van der Waals surface area contributed by atoms with E-state index in [-0.39, 0.29) is 23.6 Å². The average molecular weight is 378 g/mol. The maximum absolute atomic E-state index is 13.6. The summed E-state index contributed by atoms with van der Waals surface area (Å²) in [7, 11) is 0. The molecule has 0 aromatic heterocycles. The predicted octanol–water partition coefficient (Wildman–Crippen LogP) is 3.74. The summed E-state index contributed by atoms with van der Waals surface area (Å²) in [6.45, 7) is 1.15. The fourth-order valence-electron chi connectivity index (χ4n) is 2.63. The predicted molar refractivity (Wildman–Crippen MR) is 86.0 cm³/mol. The molecular formula is C17H12F2N2O6. The van der Waals surface area contributed by atoms with Crippen molar-refractivity contribution in [2.45, 2.75) is 12.5 Å². The number of carbonyl (C=O) groups is 2. The van der Waals surface area contributed by atoms with Gasteiger partial charge in [-0.05, 0) is 36.8 Å². The number of carbonyl (C=O) groups excluding carboxylic acids is 2. The van der Waals surface area contributed by atoms with E-state index in [0.717, 1.165) is 24.3 Å². The number of hydrogen-bond donors (Lipinski definition) is 0. The van der Waals surface area contributed by atoms with E-state index in [4.69, 9.17) is 9.47 Å². The van der Waals surface area contributed by atoms with Crippen molar-refractivity contribution in [3.8, 4) is 5.75 Å². The first-order valence-electron chi connectivity index (χ1n) is 7.61. The normalized spacial score (nSPS) is 18.9. The molecule has 27 heavy (non-hydrogen) atoms. The largest absolute Gasteiger partial charge is 0.446 e. The Balaban J connectivity index is 1.87. The van der Waals surface area contributed by atoms with Crippen LogP contribution in [0, 0.1) is 21.7 Å². The topological polar surface area (TPSA) is 99.0 Å². The van der Waals surface area contributed by atoms with Gasteiger partial charge in [-0.1, -0.05) is 6.07 Å². The van der Waals surface area contributed by atoms with Crippen LogP contribution in [0.2, 0.25) is 0 Å². The number of ether oxygens (including phenoxy) is 2. The highest BCUT2D eigenvalue weighted by molar-refractivity contribution is 5.91. The summed E-state index contributed by atoms with van der Waals surface area (Å²) in [5.74, 6) is -2.26. The number of rotatable bonds is 3. The lowest BCUT2D eigenvalue weighted by molar-refractivity contribution is -0.384.